The fourth-order valence-electron chi connectivity index (χ4n) is 3.76. The Hall–Kier alpha value is -1.79. The lowest BCUT2D eigenvalue weighted by Gasteiger charge is -2.15. The van der Waals surface area contributed by atoms with E-state index in [0.717, 1.165) is 15.8 Å². The summed E-state index contributed by atoms with van der Waals surface area (Å²) >= 11 is 16.8. The summed E-state index contributed by atoms with van der Waals surface area (Å²) in [6.45, 7) is 0. The summed E-state index contributed by atoms with van der Waals surface area (Å²) in [5, 5.41) is 13.3. The molecule has 13 heteroatoms. The van der Waals surface area contributed by atoms with E-state index in [0.29, 0.717) is 31.9 Å². The Morgan fingerprint density at radius 2 is 1.80 bits per heavy atom. The van der Waals surface area contributed by atoms with Crippen molar-refractivity contribution < 1.29 is 17.4 Å². The third-order valence-electron chi connectivity index (χ3n) is 5.71. The monoisotopic (exact) mass is 620 g/mol. The summed E-state index contributed by atoms with van der Waals surface area (Å²) in [6.07, 6.45) is -3.00. The minimum atomic E-state index is -4.42. The molecule has 1 saturated carbocycles. The van der Waals surface area contributed by atoms with Crippen LogP contribution >= 0.6 is 50.5 Å². The number of hydrogen-bond acceptors (Lipinski definition) is 5. The van der Waals surface area contributed by atoms with Gasteiger partial charge in [-0.2, -0.15) is 18.3 Å². The lowest BCUT2D eigenvalue weighted by atomic mass is 10.1. The smallest absolute Gasteiger partial charge is 0.254 e. The lowest BCUT2D eigenvalue weighted by molar-refractivity contribution is -0.160. The van der Waals surface area contributed by atoms with Crippen molar-refractivity contribution in [2.45, 2.75) is 29.3 Å². The average molecular weight is 622 g/mol. The van der Waals surface area contributed by atoms with Crippen molar-refractivity contribution in [1.29, 1.82) is 0 Å². The van der Waals surface area contributed by atoms with Crippen LogP contribution in [0.3, 0.4) is 0 Å². The molecular formula is C22H14BrCl2F3N4OS2. The average Bonchev–Trinajstić information content (AvgIpc) is 3.30. The third-order valence-corrected chi connectivity index (χ3v) is 8.88. The summed E-state index contributed by atoms with van der Waals surface area (Å²) in [4.78, 5) is 0.317. The number of halogens is 6. The molecule has 2 aromatic carbocycles. The molecule has 5 nitrogen and oxygen atoms in total. The van der Waals surface area contributed by atoms with E-state index >= 15 is 0 Å². The zero-order chi connectivity index (χ0) is 25.1. The van der Waals surface area contributed by atoms with E-state index in [1.54, 1.807) is 18.2 Å². The molecule has 0 spiro atoms. The van der Waals surface area contributed by atoms with Crippen LogP contribution in [0.1, 0.15) is 17.8 Å². The normalized spacial score (nSPS) is 15.9. The van der Waals surface area contributed by atoms with Crippen LogP contribution in [0.5, 0.6) is 0 Å². The Bertz CT molecular complexity index is 1470. The highest BCUT2D eigenvalue weighted by molar-refractivity contribution is 9.10. The maximum absolute atomic E-state index is 13.7. The molecule has 0 N–H and O–H groups in total. The van der Waals surface area contributed by atoms with E-state index in [1.165, 1.54) is 10.9 Å². The van der Waals surface area contributed by atoms with Gasteiger partial charge in [-0.15, -0.1) is 10.2 Å². The van der Waals surface area contributed by atoms with Gasteiger partial charge in [-0.05, 0) is 43.2 Å². The molecule has 1 aliphatic carbocycles. The van der Waals surface area contributed by atoms with Gasteiger partial charge < -0.3 is 0 Å². The van der Waals surface area contributed by atoms with Crippen molar-refractivity contribution in [3.8, 4) is 27.6 Å². The fourth-order valence-corrected chi connectivity index (χ4v) is 6.57. The lowest BCUT2D eigenvalue weighted by Crippen LogP contribution is -2.28. The van der Waals surface area contributed by atoms with Crippen LogP contribution < -0.4 is 0 Å². The molecule has 0 amide bonds. The number of benzene rings is 2. The molecular weight excluding hydrogens is 608 g/mol. The predicted octanol–water partition coefficient (Wildman–Crippen LogP) is 7.46. The molecule has 0 aliphatic heterocycles. The number of nitrogens with zero attached hydrogens (tertiary/aromatic N) is 4. The molecule has 0 radical (unpaired) electrons. The van der Waals surface area contributed by atoms with Crippen molar-refractivity contribution in [1.82, 2.24) is 20.0 Å². The van der Waals surface area contributed by atoms with Gasteiger partial charge in [-0.25, -0.2) is 4.68 Å². The molecule has 0 saturated heterocycles. The number of aromatic nitrogens is 4. The molecule has 5 rings (SSSR count). The third kappa shape index (κ3) is 4.35. The molecule has 182 valence electrons. The molecule has 1 aliphatic rings. The Labute approximate surface area is 222 Å². The summed E-state index contributed by atoms with van der Waals surface area (Å²) in [5.74, 6) is 0. The summed E-state index contributed by atoms with van der Waals surface area (Å²) in [7, 11) is -1.58. The van der Waals surface area contributed by atoms with Crippen molar-refractivity contribution in [3.63, 3.8) is 0 Å². The van der Waals surface area contributed by atoms with Crippen LogP contribution in [-0.2, 0) is 16.2 Å². The SMILES string of the molecule is CS(=O)c1c(-c2nnc(C3(C(F)(F)F)CC3)s2)nn(-c2ccc(Cl)cc2Cl)c1-c1ccc(Br)cc1. The Kier molecular flexibility index (Phi) is 6.36. The van der Waals surface area contributed by atoms with Crippen LogP contribution in [0, 0.1) is 0 Å². The Morgan fingerprint density at radius 3 is 2.37 bits per heavy atom. The molecule has 1 fully saturated rings. The number of rotatable bonds is 5. The van der Waals surface area contributed by atoms with E-state index in [2.05, 4.69) is 31.2 Å². The molecule has 1 unspecified atom stereocenters. The van der Waals surface area contributed by atoms with Gasteiger partial charge >= 0.3 is 6.18 Å². The van der Waals surface area contributed by atoms with Gasteiger partial charge in [0.1, 0.15) is 16.1 Å². The van der Waals surface area contributed by atoms with E-state index < -0.39 is 22.4 Å². The van der Waals surface area contributed by atoms with Crippen molar-refractivity contribution in [2.75, 3.05) is 6.26 Å². The molecule has 2 heterocycles. The van der Waals surface area contributed by atoms with Gasteiger partial charge in [0.25, 0.3) is 0 Å². The molecule has 35 heavy (non-hydrogen) atoms. The maximum Gasteiger partial charge on any atom is 0.400 e. The number of alkyl halides is 3. The van der Waals surface area contributed by atoms with E-state index in [1.807, 2.05) is 24.3 Å². The molecule has 2 aromatic heterocycles. The van der Waals surface area contributed by atoms with Gasteiger partial charge in [0.05, 0.1) is 32.1 Å². The summed E-state index contributed by atoms with van der Waals surface area (Å²) < 4.78 is 56.4. The highest BCUT2D eigenvalue weighted by atomic mass is 79.9. The topological polar surface area (TPSA) is 60.7 Å². The molecule has 4 aromatic rings. The zero-order valence-electron chi connectivity index (χ0n) is 17.7. The molecule has 0 bridgehead atoms. The minimum absolute atomic E-state index is 0.0311. The Balaban J connectivity index is 1.76. The first kappa shape index (κ1) is 24.9. The first-order valence-electron chi connectivity index (χ1n) is 10.1. The number of hydrogen-bond donors (Lipinski definition) is 0. The second kappa shape index (κ2) is 8.95. The predicted molar refractivity (Wildman–Crippen MR) is 135 cm³/mol. The second-order valence-electron chi connectivity index (χ2n) is 7.99. The van der Waals surface area contributed by atoms with E-state index in [4.69, 9.17) is 23.2 Å². The maximum atomic E-state index is 13.7. The van der Waals surface area contributed by atoms with Crippen LogP contribution in [0.15, 0.2) is 51.8 Å². The molecule has 1 atom stereocenters. The second-order valence-corrected chi connectivity index (χ2v) is 12.0. The van der Waals surface area contributed by atoms with Gasteiger partial charge in [0.2, 0.25) is 0 Å². The van der Waals surface area contributed by atoms with Gasteiger partial charge in [0, 0.05) is 21.3 Å². The van der Waals surface area contributed by atoms with Crippen LogP contribution in [0.25, 0.3) is 27.6 Å². The van der Waals surface area contributed by atoms with Crippen LogP contribution in [-0.4, -0.2) is 36.6 Å². The van der Waals surface area contributed by atoms with Gasteiger partial charge in [-0.3, -0.25) is 4.21 Å². The summed E-state index contributed by atoms with van der Waals surface area (Å²) in [6, 6.07) is 12.1. The highest BCUT2D eigenvalue weighted by Gasteiger charge is 2.66. The summed E-state index contributed by atoms with van der Waals surface area (Å²) in [5.41, 5.74) is -0.152. The van der Waals surface area contributed by atoms with Crippen LogP contribution in [0.2, 0.25) is 10.0 Å². The quantitative estimate of drug-likeness (QED) is 0.232. The van der Waals surface area contributed by atoms with Gasteiger partial charge in [-0.1, -0.05) is 62.6 Å². The van der Waals surface area contributed by atoms with E-state index in [-0.39, 0.29) is 28.6 Å². The van der Waals surface area contributed by atoms with Gasteiger partial charge in [0.15, 0.2) is 5.01 Å². The highest BCUT2D eigenvalue weighted by Crippen LogP contribution is 2.60. The fraction of sp³-hybridized carbons (Fsp3) is 0.227. The first-order valence-corrected chi connectivity index (χ1v) is 14.0. The standard InChI is InChI=1S/C22H14BrCl2F3N4OS2/c1-35(33)18-16(19-29-30-20(34-19)21(8-9-21)22(26,27)28)31-32(15-7-6-13(24)10-14(15)25)17(18)11-2-4-12(23)5-3-11/h2-7,10H,8-9H2,1H3. The minimum Gasteiger partial charge on any atom is -0.254 e. The zero-order valence-corrected chi connectivity index (χ0v) is 22.5. The van der Waals surface area contributed by atoms with Crippen molar-refractivity contribution in [2.24, 2.45) is 0 Å². The Morgan fingerprint density at radius 1 is 1.11 bits per heavy atom. The van der Waals surface area contributed by atoms with Crippen LogP contribution in [0.4, 0.5) is 13.2 Å². The van der Waals surface area contributed by atoms with E-state index in [9.17, 15) is 17.4 Å². The first-order chi connectivity index (χ1) is 16.5. The van der Waals surface area contributed by atoms with Crippen molar-refractivity contribution in [3.05, 3.63) is 62.0 Å². The van der Waals surface area contributed by atoms with Crippen molar-refractivity contribution >= 4 is 61.3 Å². The largest absolute Gasteiger partial charge is 0.400 e.